The fourth-order valence-corrected chi connectivity index (χ4v) is 4.43. The Balaban J connectivity index is 1.45. The lowest BCUT2D eigenvalue weighted by Gasteiger charge is -2.23. The third-order valence-corrected chi connectivity index (χ3v) is 6.29. The van der Waals surface area contributed by atoms with Gasteiger partial charge in [-0.1, -0.05) is 17.4 Å². The molecule has 1 aromatic heterocycles. The number of nitro groups is 1. The molecule has 0 aliphatic carbocycles. The number of nitrogens with zero attached hydrogens (tertiary/aromatic N) is 5. The zero-order valence-corrected chi connectivity index (χ0v) is 18.9. The summed E-state index contributed by atoms with van der Waals surface area (Å²) in [4.78, 5) is 39.8. The minimum absolute atomic E-state index is 0.166. The Labute approximate surface area is 194 Å². The molecule has 10 nitrogen and oxygen atoms in total. The van der Waals surface area contributed by atoms with Gasteiger partial charge in [-0.25, -0.2) is 0 Å². The van der Waals surface area contributed by atoms with Gasteiger partial charge in [-0.2, -0.15) is 0 Å². The van der Waals surface area contributed by atoms with Gasteiger partial charge in [0.1, 0.15) is 11.0 Å². The molecule has 0 bridgehead atoms. The fourth-order valence-electron chi connectivity index (χ4n) is 3.68. The van der Waals surface area contributed by atoms with Crippen molar-refractivity contribution in [3.8, 4) is 10.6 Å². The first-order valence-corrected chi connectivity index (χ1v) is 11.1. The van der Waals surface area contributed by atoms with Gasteiger partial charge in [-0.3, -0.25) is 25.0 Å². The largest absolute Gasteiger partial charge is 0.378 e. The van der Waals surface area contributed by atoms with Crippen LogP contribution in [0.1, 0.15) is 23.2 Å². The number of anilines is 2. The number of hydrogen-bond acceptors (Lipinski definition) is 8. The van der Waals surface area contributed by atoms with Gasteiger partial charge in [-0.05, 0) is 43.2 Å². The predicted molar refractivity (Wildman–Crippen MR) is 125 cm³/mol. The van der Waals surface area contributed by atoms with Crippen molar-refractivity contribution in [3.05, 3.63) is 64.2 Å². The van der Waals surface area contributed by atoms with Crippen molar-refractivity contribution in [1.29, 1.82) is 0 Å². The summed E-state index contributed by atoms with van der Waals surface area (Å²) in [5.41, 5.74) is 1.97. The number of likely N-dealkylation sites (tertiary alicyclic amines) is 1. The maximum absolute atomic E-state index is 12.9. The lowest BCUT2D eigenvalue weighted by molar-refractivity contribution is -0.384. The molecule has 33 heavy (non-hydrogen) atoms. The van der Waals surface area contributed by atoms with Gasteiger partial charge in [-0.15, -0.1) is 10.2 Å². The summed E-state index contributed by atoms with van der Waals surface area (Å²) in [6.45, 7) is 0.402. The van der Waals surface area contributed by atoms with E-state index in [0.717, 1.165) is 11.3 Å². The molecule has 1 unspecified atom stereocenters. The summed E-state index contributed by atoms with van der Waals surface area (Å²) < 4.78 is 0. The van der Waals surface area contributed by atoms with Crippen molar-refractivity contribution in [2.75, 3.05) is 30.9 Å². The second-order valence-corrected chi connectivity index (χ2v) is 8.78. The van der Waals surface area contributed by atoms with E-state index in [1.165, 1.54) is 40.5 Å². The van der Waals surface area contributed by atoms with Crippen LogP contribution in [-0.2, 0) is 4.79 Å². The van der Waals surface area contributed by atoms with Crippen LogP contribution in [-0.4, -0.2) is 58.5 Å². The molecule has 11 heteroatoms. The van der Waals surface area contributed by atoms with Crippen LogP contribution in [0.25, 0.3) is 10.6 Å². The predicted octanol–water partition coefficient (Wildman–Crippen LogP) is 3.42. The van der Waals surface area contributed by atoms with E-state index in [-0.39, 0.29) is 17.2 Å². The molecule has 1 fully saturated rings. The molecule has 4 rings (SSSR count). The standard InChI is InChI=1S/C22H22N6O4S/c1-26(2)16-10-8-14(9-11-16)20-24-25-22(33-20)23-19(29)18-7-4-12-27(18)21(30)15-5-3-6-17(13-15)28(31)32/h3,5-6,8-11,13,18H,4,7,12H2,1-2H3,(H,23,25,29). The molecule has 1 atom stereocenters. The van der Waals surface area contributed by atoms with Gasteiger partial charge >= 0.3 is 0 Å². The van der Waals surface area contributed by atoms with Crippen molar-refractivity contribution >= 4 is 39.7 Å². The van der Waals surface area contributed by atoms with E-state index in [4.69, 9.17) is 0 Å². The third kappa shape index (κ3) is 4.82. The van der Waals surface area contributed by atoms with Gasteiger partial charge in [0.05, 0.1) is 4.92 Å². The van der Waals surface area contributed by atoms with Gasteiger partial charge in [0, 0.05) is 49.6 Å². The second-order valence-electron chi connectivity index (χ2n) is 7.81. The molecule has 0 saturated carbocycles. The van der Waals surface area contributed by atoms with Crippen molar-refractivity contribution in [1.82, 2.24) is 15.1 Å². The van der Waals surface area contributed by atoms with Crippen LogP contribution in [0.15, 0.2) is 48.5 Å². The Morgan fingerprint density at radius 1 is 1.18 bits per heavy atom. The third-order valence-electron chi connectivity index (χ3n) is 5.41. The molecule has 2 heterocycles. The van der Waals surface area contributed by atoms with Gasteiger partial charge < -0.3 is 9.80 Å². The lowest BCUT2D eigenvalue weighted by atomic mass is 10.1. The van der Waals surface area contributed by atoms with E-state index in [1.807, 2.05) is 43.3 Å². The highest BCUT2D eigenvalue weighted by atomic mass is 32.1. The normalized spacial score (nSPS) is 15.3. The second kappa shape index (κ2) is 9.33. The van der Waals surface area contributed by atoms with Gasteiger partial charge in [0.15, 0.2) is 0 Å². The van der Waals surface area contributed by atoms with Crippen molar-refractivity contribution in [2.45, 2.75) is 18.9 Å². The summed E-state index contributed by atoms with van der Waals surface area (Å²) in [6.07, 6.45) is 1.17. The first-order chi connectivity index (χ1) is 15.8. The Hall–Kier alpha value is -3.86. The number of carbonyl (C=O) groups excluding carboxylic acids is 2. The van der Waals surface area contributed by atoms with Crippen molar-refractivity contribution in [2.24, 2.45) is 0 Å². The average molecular weight is 467 g/mol. The molecule has 1 N–H and O–H groups in total. The van der Waals surface area contributed by atoms with Crippen molar-refractivity contribution < 1.29 is 14.5 Å². The first kappa shape index (κ1) is 22.3. The molecular weight excluding hydrogens is 444 g/mol. The minimum atomic E-state index is -0.677. The number of carbonyl (C=O) groups is 2. The highest BCUT2D eigenvalue weighted by molar-refractivity contribution is 7.18. The molecule has 3 aromatic rings. The van der Waals surface area contributed by atoms with Gasteiger partial charge in [0.25, 0.3) is 11.6 Å². The highest BCUT2D eigenvalue weighted by Gasteiger charge is 2.35. The average Bonchev–Trinajstić information content (AvgIpc) is 3.48. The number of nitrogens with one attached hydrogen (secondary N) is 1. The Kier molecular flexibility index (Phi) is 6.31. The maximum Gasteiger partial charge on any atom is 0.270 e. The summed E-state index contributed by atoms with van der Waals surface area (Å²) in [6, 6.07) is 12.7. The number of aromatic nitrogens is 2. The minimum Gasteiger partial charge on any atom is -0.378 e. The molecule has 1 aliphatic heterocycles. The topological polar surface area (TPSA) is 122 Å². The number of amides is 2. The van der Waals surface area contributed by atoms with Gasteiger partial charge in [0.2, 0.25) is 11.0 Å². The summed E-state index contributed by atoms with van der Waals surface area (Å²) in [5, 5.41) is 23.0. The van der Waals surface area contributed by atoms with Crippen LogP contribution in [0.2, 0.25) is 0 Å². The first-order valence-electron chi connectivity index (χ1n) is 10.3. The van der Waals surface area contributed by atoms with Crippen LogP contribution < -0.4 is 10.2 Å². The number of non-ortho nitro benzene ring substituents is 1. The maximum atomic E-state index is 12.9. The SMILES string of the molecule is CN(C)c1ccc(-c2nnc(NC(=O)C3CCCN3C(=O)c3cccc([N+](=O)[O-])c3)s2)cc1. The van der Waals surface area contributed by atoms with Crippen LogP contribution in [0, 0.1) is 10.1 Å². The molecule has 0 spiro atoms. The van der Waals surface area contributed by atoms with E-state index >= 15 is 0 Å². The van der Waals surface area contributed by atoms with Crippen LogP contribution in [0.3, 0.4) is 0 Å². The number of nitro benzene ring substituents is 1. The Morgan fingerprint density at radius 3 is 2.64 bits per heavy atom. The molecule has 1 saturated heterocycles. The highest BCUT2D eigenvalue weighted by Crippen LogP contribution is 2.29. The van der Waals surface area contributed by atoms with Crippen LogP contribution in [0.4, 0.5) is 16.5 Å². The van der Waals surface area contributed by atoms with E-state index < -0.39 is 16.9 Å². The van der Waals surface area contributed by atoms with E-state index in [2.05, 4.69) is 15.5 Å². The molecule has 170 valence electrons. The molecule has 1 aliphatic rings. The fraction of sp³-hybridized carbons (Fsp3) is 0.273. The molecule has 0 radical (unpaired) electrons. The number of benzene rings is 2. The smallest absolute Gasteiger partial charge is 0.270 e. The van der Waals surface area contributed by atoms with Crippen molar-refractivity contribution in [3.63, 3.8) is 0 Å². The van der Waals surface area contributed by atoms with Crippen LogP contribution in [0.5, 0.6) is 0 Å². The van der Waals surface area contributed by atoms with E-state index in [1.54, 1.807) is 0 Å². The summed E-state index contributed by atoms with van der Waals surface area (Å²) in [7, 11) is 3.92. The zero-order chi connectivity index (χ0) is 23.5. The monoisotopic (exact) mass is 466 g/mol. The van der Waals surface area contributed by atoms with Crippen LogP contribution >= 0.6 is 11.3 Å². The zero-order valence-electron chi connectivity index (χ0n) is 18.1. The summed E-state index contributed by atoms with van der Waals surface area (Å²) >= 11 is 1.25. The summed E-state index contributed by atoms with van der Waals surface area (Å²) in [5.74, 6) is -0.757. The van der Waals surface area contributed by atoms with E-state index in [0.29, 0.717) is 29.5 Å². The number of hydrogen-bond donors (Lipinski definition) is 1. The molecule has 2 amide bonds. The van der Waals surface area contributed by atoms with E-state index in [9.17, 15) is 19.7 Å². The molecular formula is C22H22N6O4S. The molecule has 2 aromatic carbocycles. The Bertz CT molecular complexity index is 1190. The Morgan fingerprint density at radius 2 is 1.94 bits per heavy atom. The quantitative estimate of drug-likeness (QED) is 0.436. The number of rotatable bonds is 6. The lowest BCUT2D eigenvalue weighted by Crippen LogP contribution is -2.43.